The average molecular weight is 326 g/mol. The number of halogens is 2. The molecule has 2 heterocycles. The number of thiophene rings is 1. The number of anilines is 1. The number of aromatic nitrogens is 2. The summed E-state index contributed by atoms with van der Waals surface area (Å²) in [6, 6.07) is 7.10. The first kappa shape index (κ1) is 11.7. The highest BCUT2D eigenvalue weighted by Crippen LogP contribution is 2.26. The minimum atomic E-state index is -0.310. The zero-order valence-electron chi connectivity index (χ0n) is 9.23. The van der Waals surface area contributed by atoms with Crippen LogP contribution in [0.4, 0.5) is 10.3 Å². The van der Waals surface area contributed by atoms with Crippen LogP contribution in [0.15, 0.2) is 34.1 Å². The molecule has 0 atom stereocenters. The second kappa shape index (κ2) is 4.37. The van der Waals surface area contributed by atoms with Crippen LogP contribution in [0.1, 0.15) is 4.88 Å². The van der Waals surface area contributed by atoms with Gasteiger partial charge in [-0.2, -0.15) is 0 Å². The Morgan fingerprint density at radius 2 is 2.28 bits per heavy atom. The normalized spacial score (nSPS) is 11.2. The maximum atomic E-state index is 13.6. The molecule has 3 rings (SSSR count). The predicted octanol–water partition coefficient (Wildman–Crippen LogP) is 3.63. The van der Waals surface area contributed by atoms with Gasteiger partial charge in [0.2, 0.25) is 5.95 Å². The number of hydrogen-bond donors (Lipinski definition) is 1. The Bertz CT molecular complexity index is 706. The SMILES string of the molecule is Nc1nc2cc(Br)c(F)cc2n1Cc1cccs1. The smallest absolute Gasteiger partial charge is 0.201 e. The summed E-state index contributed by atoms with van der Waals surface area (Å²) in [6.07, 6.45) is 0. The van der Waals surface area contributed by atoms with Crippen molar-refractivity contribution >= 4 is 44.2 Å². The van der Waals surface area contributed by atoms with Gasteiger partial charge in [0, 0.05) is 10.9 Å². The minimum absolute atomic E-state index is 0.310. The molecule has 2 N–H and O–H groups in total. The summed E-state index contributed by atoms with van der Waals surface area (Å²) in [5.74, 6) is 0.0886. The molecule has 18 heavy (non-hydrogen) atoms. The molecule has 0 fully saturated rings. The topological polar surface area (TPSA) is 43.8 Å². The molecule has 6 heteroatoms. The molecular formula is C12H9BrFN3S. The summed E-state index contributed by atoms with van der Waals surface area (Å²) < 4.78 is 15.8. The van der Waals surface area contributed by atoms with Gasteiger partial charge in [-0.05, 0) is 33.4 Å². The number of fused-ring (bicyclic) bond motifs is 1. The van der Waals surface area contributed by atoms with E-state index in [1.165, 1.54) is 6.07 Å². The molecule has 0 aliphatic rings. The predicted molar refractivity (Wildman–Crippen MR) is 75.2 cm³/mol. The molecule has 0 aliphatic heterocycles. The number of nitrogens with zero attached hydrogens (tertiary/aromatic N) is 2. The Kier molecular flexibility index (Phi) is 2.83. The fourth-order valence-corrected chi connectivity index (χ4v) is 2.89. The van der Waals surface area contributed by atoms with E-state index >= 15 is 0 Å². The van der Waals surface area contributed by atoms with Crippen LogP contribution in [-0.4, -0.2) is 9.55 Å². The molecule has 0 saturated heterocycles. The van der Waals surface area contributed by atoms with Crippen molar-refractivity contribution in [2.75, 3.05) is 5.73 Å². The summed E-state index contributed by atoms with van der Waals surface area (Å²) in [6.45, 7) is 0.612. The van der Waals surface area contributed by atoms with Crippen molar-refractivity contribution in [2.45, 2.75) is 6.54 Å². The van der Waals surface area contributed by atoms with Crippen LogP contribution in [0.25, 0.3) is 11.0 Å². The van der Waals surface area contributed by atoms with E-state index in [1.54, 1.807) is 17.4 Å². The van der Waals surface area contributed by atoms with E-state index in [1.807, 2.05) is 22.1 Å². The Balaban J connectivity index is 2.16. The van der Waals surface area contributed by atoms with Gasteiger partial charge in [-0.15, -0.1) is 11.3 Å². The van der Waals surface area contributed by atoms with Crippen molar-refractivity contribution in [1.82, 2.24) is 9.55 Å². The molecule has 0 bridgehead atoms. The lowest BCUT2D eigenvalue weighted by atomic mass is 10.3. The lowest BCUT2D eigenvalue weighted by molar-refractivity contribution is 0.622. The maximum absolute atomic E-state index is 13.6. The molecule has 0 amide bonds. The highest BCUT2D eigenvalue weighted by atomic mass is 79.9. The lowest BCUT2D eigenvalue weighted by Crippen LogP contribution is -2.03. The van der Waals surface area contributed by atoms with Gasteiger partial charge in [-0.3, -0.25) is 0 Å². The Hall–Kier alpha value is -1.40. The third-order valence-corrected chi connectivity index (χ3v) is 4.18. The first-order valence-corrected chi connectivity index (χ1v) is 6.95. The van der Waals surface area contributed by atoms with Crippen LogP contribution >= 0.6 is 27.3 Å². The second-order valence-corrected chi connectivity index (χ2v) is 5.78. The number of rotatable bonds is 2. The van der Waals surface area contributed by atoms with Crippen LogP contribution in [0, 0.1) is 5.82 Å². The van der Waals surface area contributed by atoms with Crippen LogP contribution < -0.4 is 5.73 Å². The summed E-state index contributed by atoms with van der Waals surface area (Å²) >= 11 is 4.79. The minimum Gasteiger partial charge on any atom is -0.369 e. The van der Waals surface area contributed by atoms with Crippen molar-refractivity contribution in [2.24, 2.45) is 0 Å². The molecule has 0 spiro atoms. The van der Waals surface area contributed by atoms with Crippen LogP contribution in [0.5, 0.6) is 0 Å². The van der Waals surface area contributed by atoms with Gasteiger partial charge in [0.05, 0.1) is 22.1 Å². The van der Waals surface area contributed by atoms with Crippen molar-refractivity contribution in [3.05, 3.63) is 44.8 Å². The van der Waals surface area contributed by atoms with Crippen LogP contribution in [0.2, 0.25) is 0 Å². The first-order chi connectivity index (χ1) is 8.65. The van der Waals surface area contributed by atoms with E-state index < -0.39 is 0 Å². The second-order valence-electron chi connectivity index (χ2n) is 3.89. The fourth-order valence-electron chi connectivity index (χ4n) is 1.86. The van der Waals surface area contributed by atoms with Crippen molar-refractivity contribution in [3.63, 3.8) is 0 Å². The lowest BCUT2D eigenvalue weighted by Gasteiger charge is -2.04. The van der Waals surface area contributed by atoms with E-state index in [0.717, 1.165) is 4.88 Å². The van der Waals surface area contributed by atoms with E-state index in [2.05, 4.69) is 20.9 Å². The summed E-state index contributed by atoms with van der Waals surface area (Å²) in [7, 11) is 0. The third kappa shape index (κ3) is 1.91. The van der Waals surface area contributed by atoms with Crippen LogP contribution in [-0.2, 0) is 6.54 Å². The van der Waals surface area contributed by atoms with Gasteiger partial charge in [0.15, 0.2) is 0 Å². The van der Waals surface area contributed by atoms with Gasteiger partial charge < -0.3 is 10.3 Å². The zero-order chi connectivity index (χ0) is 12.7. The van der Waals surface area contributed by atoms with E-state index in [-0.39, 0.29) is 5.82 Å². The summed E-state index contributed by atoms with van der Waals surface area (Å²) in [5.41, 5.74) is 7.29. The highest BCUT2D eigenvalue weighted by molar-refractivity contribution is 9.10. The molecule has 92 valence electrons. The molecule has 0 saturated carbocycles. The molecule has 3 nitrogen and oxygen atoms in total. The third-order valence-electron chi connectivity index (χ3n) is 2.71. The van der Waals surface area contributed by atoms with Crippen molar-refractivity contribution < 1.29 is 4.39 Å². The van der Waals surface area contributed by atoms with E-state index in [4.69, 9.17) is 5.73 Å². The molecule has 1 aromatic carbocycles. The standard InChI is InChI=1S/C12H9BrFN3S/c13-8-4-10-11(5-9(8)14)17(12(15)16-10)6-7-2-1-3-18-7/h1-5H,6H2,(H2,15,16). The quantitative estimate of drug-likeness (QED) is 0.781. The molecule has 0 unspecified atom stereocenters. The number of benzene rings is 1. The van der Waals surface area contributed by atoms with E-state index in [9.17, 15) is 4.39 Å². The molecular weight excluding hydrogens is 317 g/mol. The molecule has 2 aromatic heterocycles. The number of imidazole rings is 1. The van der Waals surface area contributed by atoms with Gasteiger partial charge in [-0.25, -0.2) is 9.37 Å². The molecule has 0 aliphatic carbocycles. The largest absolute Gasteiger partial charge is 0.369 e. The van der Waals surface area contributed by atoms with E-state index in [0.29, 0.717) is 28.0 Å². The fraction of sp³-hybridized carbons (Fsp3) is 0.0833. The Morgan fingerprint density at radius 1 is 1.44 bits per heavy atom. The first-order valence-electron chi connectivity index (χ1n) is 5.28. The molecule has 3 aromatic rings. The highest BCUT2D eigenvalue weighted by Gasteiger charge is 2.12. The summed E-state index contributed by atoms with van der Waals surface area (Å²) in [5, 5.41) is 2.00. The number of hydrogen-bond acceptors (Lipinski definition) is 3. The van der Waals surface area contributed by atoms with Crippen molar-refractivity contribution in [1.29, 1.82) is 0 Å². The Morgan fingerprint density at radius 3 is 3.00 bits per heavy atom. The zero-order valence-corrected chi connectivity index (χ0v) is 11.6. The van der Waals surface area contributed by atoms with Gasteiger partial charge >= 0.3 is 0 Å². The average Bonchev–Trinajstić information content (AvgIpc) is 2.92. The summed E-state index contributed by atoms with van der Waals surface area (Å²) in [4.78, 5) is 5.40. The van der Waals surface area contributed by atoms with Crippen molar-refractivity contribution in [3.8, 4) is 0 Å². The monoisotopic (exact) mass is 325 g/mol. The van der Waals surface area contributed by atoms with Gasteiger partial charge in [0.1, 0.15) is 5.82 Å². The number of nitrogen functional groups attached to an aromatic ring is 1. The van der Waals surface area contributed by atoms with Gasteiger partial charge in [0.25, 0.3) is 0 Å². The Labute approximate surface area is 115 Å². The maximum Gasteiger partial charge on any atom is 0.201 e. The molecule has 0 radical (unpaired) electrons. The van der Waals surface area contributed by atoms with Gasteiger partial charge in [-0.1, -0.05) is 6.07 Å². The van der Waals surface area contributed by atoms with Crippen LogP contribution in [0.3, 0.4) is 0 Å². The number of nitrogens with two attached hydrogens (primary N) is 1.